The third kappa shape index (κ3) is 22.7. The van der Waals surface area contributed by atoms with Crippen molar-refractivity contribution in [1.82, 2.24) is 55.7 Å². The van der Waals surface area contributed by atoms with E-state index in [-0.39, 0.29) is 56.1 Å². The van der Waals surface area contributed by atoms with Crippen molar-refractivity contribution >= 4 is 122 Å². The van der Waals surface area contributed by atoms with Gasteiger partial charge in [-0.2, -0.15) is 0 Å². The first kappa shape index (κ1) is 91.3. The largest absolute Gasteiger partial charge is 0.497 e. The summed E-state index contributed by atoms with van der Waals surface area (Å²) in [6.45, 7) is 36.5. The summed E-state index contributed by atoms with van der Waals surface area (Å²) in [6.07, 6.45) is 2.71. The predicted molar refractivity (Wildman–Crippen MR) is 453 cm³/mol. The number of nitrogens with zero attached hydrogens (tertiary/aromatic N) is 6. The van der Waals surface area contributed by atoms with E-state index >= 15 is 0 Å². The fraction of sp³-hybridized carbons (Fsp3) is 0.561. The van der Waals surface area contributed by atoms with Gasteiger partial charge in [-0.1, -0.05) is 53.7 Å². The van der Waals surface area contributed by atoms with Crippen LogP contribution in [-0.4, -0.2) is 208 Å². The topological polar surface area (TPSA) is 449 Å². The smallest absolute Gasteiger partial charge is 0.408 e. The van der Waals surface area contributed by atoms with Crippen LogP contribution in [0.5, 0.6) is 23.0 Å². The summed E-state index contributed by atoms with van der Waals surface area (Å²) >= 11 is 2.89. The van der Waals surface area contributed by atoms with Crippen LogP contribution in [0.25, 0.3) is 44.6 Å². The number of alkyl carbamates (subject to hydrolysis) is 2. The van der Waals surface area contributed by atoms with Gasteiger partial charge in [0.2, 0.25) is 43.7 Å². The number of carbonyl (C=O) groups excluding carboxylic acids is 7. The Morgan fingerprint density at radius 1 is 0.571 bits per heavy atom. The predicted octanol–water partition coefficient (Wildman–Crippen LogP) is 10.2. The summed E-state index contributed by atoms with van der Waals surface area (Å²) in [7, 11) is -3.93. The lowest BCUT2D eigenvalue weighted by molar-refractivity contribution is -0.146. The maximum atomic E-state index is 14.7. The van der Waals surface area contributed by atoms with E-state index in [4.69, 9.17) is 53.5 Å². The zero-order valence-corrected chi connectivity index (χ0v) is 73.8. The molecule has 2 aliphatic heterocycles. The van der Waals surface area contributed by atoms with Crippen LogP contribution in [0.1, 0.15) is 162 Å². The third-order valence-corrected chi connectivity index (χ3v) is 25.2. The van der Waals surface area contributed by atoms with Crippen LogP contribution in [0.15, 0.2) is 84.6 Å². The van der Waals surface area contributed by atoms with Gasteiger partial charge in [-0.3, -0.25) is 28.7 Å². The van der Waals surface area contributed by atoms with Crippen molar-refractivity contribution in [2.24, 2.45) is 27.8 Å². The lowest BCUT2D eigenvalue weighted by Gasteiger charge is -2.36. The number of primary sulfonamides is 1. The van der Waals surface area contributed by atoms with Crippen molar-refractivity contribution in [3.63, 3.8) is 0 Å². The number of carboxylic acid groups (broad SMARTS) is 1. The Balaban J connectivity index is 0.000000232. The Labute approximate surface area is 702 Å². The molecule has 10 atom stereocenters. The standard InChI is InChI=1S/C41H55N7O9S2.C38H50N6O8S.C3H7NO2S/c1-11-23-19-41(23,36(51)47-59(53,54)26-13-14-26)46-34(49)31-17-25(20-48(31)35(50)33(39(4,5)6)45-38(52)57-40(7,8)9)56-32-18-29(30-21-58-37(44-30)42-22(2)3)43-28-16-24(55-10)12-15-27(28)32;1-11-21-17-38(21,33(47)48)43-31(45)28-15-23(18-44(28)32(46)30(36(4,5)6)42-35(49)52-37(7,8)9)51-29-16-26(27-19-53-34(41-27)39-20(2)3)40-25-14-22(50-10)12-13-24(25)29;4-7(5,6)3-1-2-3/h11-12,15-16,18,21-23,25-26,31,33H,1,13-14,17,19-20H2,2-10H3,(H,42,44)(H,45,52)(H,46,49)(H,47,51);11-14,16,19-21,23,28,30H,1,15,17-18H2,2-10H3,(H,39,41)(H,42,49)(H,43,45)(H,47,48);3H,1-2H2,(H2,4,5,6)/t23-,25-,31+,33-,41-;21-,23-,28+,30-,38-;/m11./s1. The van der Waals surface area contributed by atoms with Crippen molar-refractivity contribution in [3.8, 4) is 45.8 Å². The average molecular weight is 1730 g/mol. The van der Waals surface area contributed by atoms with Crippen molar-refractivity contribution in [3.05, 3.63) is 84.6 Å². The van der Waals surface area contributed by atoms with Crippen LogP contribution in [-0.2, 0) is 58.3 Å². The number of ether oxygens (including phenoxy) is 6. The minimum Gasteiger partial charge on any atom is -0.497 e. The highest BCUT2D eigenvalue weighted by Gasteiger charge is 2.63. The number of hydrogen-bond acceptors (Lipinski definition) is 26. The zero-order valence-electron chi connectivity index (χ0n) is 70.5. The fourth-order valence-corrected chi connectivity index (χ4v) is 17.7. The number of likely N-dealkylation sites (tertiary alicyclic amines) is 2. The van der Waals surface area contributed by atoms with Gasteiger partial charge in [0.05, 0.1) is 60.2 Å². The summed E-state index contributed by atoms with van der Waals surface area (Å²) < 4.78 is 83.5. The van der Waals surface area contributed by atoms with E-state index in [1.54, 1.807) is 134 Å². The number of carbonyl (C=O) groups is 8. The highest BCUT2D eigenvalue weighted by atomic mass is 32.2. The Bertz CT molecular complexity index is 5100. The first-order valence-corrected chi connectivity index (χ1v) is 44.4. The number of methoxy groups -OCH3 is 2. The molecule has 6 fully saturated rings. The number of benzene rings is 2. The quantitative estimate of drug-likeness (QED) is 0.0216. The van der Waals surface area contributed by atoms with Gasteiger partial charge >= 0.3 is 18.2 Å². The molecule has 0 spiro atoms. The molecule has 2 aromatic carbocycles. The first-order chi connectivity index (χ1) is 55.4. The van der Waals surface area contributed by atoms with E-state index in [1.807, 2.05) is 50.6 Å². The van der Waals surface area contributed by atoms with Crippen molar-refractivity contribution in [2.45, 2.75) is 243 Å². The Morgan fingerprint density at radius 3 is 1.28 bits per heavy atom. The number of thiazole rings is 2. The van der Waals surface area contributed by atoms with Gasteiger partial charge in [-0.15, -0.1) is 35.8 Å². The summed E-state index contributed by atoms with van der Waals surface area (Å²) in [5, 5.41) is 38.1. The highest BCUT2D eigenvalue weighted by Crippen LogP contribution is 2.48. The van der Waals surface area contributed by atoms with Gasteiger partial charge in [0.25, 0.3) is 5.91 Å². The molecular weight excluding hydrogens is 1610 g/mol. The molecule has 648 valence electrons. The monoisotopic (exact) mass is 1720 g/mol. The van der Waals surface area contributed by atoms with Gasteiger partial charge in [-0.25, -0.2) is 56.3 Å². The number of hydrogen-bond donors (Lipinski definition) is 9. The number of nitrogens with one attached hydrogen (secondary N) is 7. The number of rotatable bonds is 27. The Morgan fingerprint density at radius 2 is 0.958 bits per heavy atom. The number of aromatic nitrogens is 4. The molecule has 6 heterocycles. The zero-order chi connectivity index (χ0) is 87.8. The average Bonchev–Trinajstić information content (AvgIpc) is 1.53. The van der Waals surface area contributed by atoms with Gasteiger partial charge in [-0.05, 0) is 143 Å². The number of amides is 7. The van der Waals surface area contributed by atoms with Crippen LogP contribution in [0, 0.1) is 22.7 Å². The molecule has 37 heteroatoms. The van der Waals surface area contributed by atoms with Crippen LogP contribution in [0.2, 0.25) is 0 Å². The third-order valence-electron chi connectivity index (χ3n) is 20.4. The molecule has 6 aliphatic rings. The SMILES string of the molecule is C=C[C@@H]1C[C@]1(NC(=O)[C@@H]1C[C@@H](Oc2cc(-c3csc(NC(C)C)n3)nc3cc(OC)ccc23)CN1C(=O)[C@@H](NC(=O)OC(C)(C)C)C(C)(C)C)C(=O)NS(=O)(=O)C1CC1.C=C[C@@H]1C[C@]1(NC(=O)[C@@H]1C[C@@H](Oc2cc(-c3csc(NC(C)C)n3)nc3cc(OC)ccc23)CN1C(=O)[C@@H](NC(=O)OC(C)(C)C)C(C)(C)C)C(=O)O.NS(=O)(=O)C1CC1. The summed E-state index contributed by atoms with van der Waals surface area (Å²) in [6, 6.07) is 10.1. The number of carboxylic acids is 1. The van der Waals surface area contributed by atoms with E-state index in [0.29, 0.717) is 80.4 Å². The molecule has 33 nitrogen and oxygen atoms in total. The van der Waals surface area contributed by atoms with Crippen molar-refractivity contribution < 1.29 is 88.7 Å². The maximum absolute atomic E-state index is 14.7. The second-order valence-corrected chi connectivity index (χ2v) is 41.1. The van der Waals surface area contributed by atoms with Crippen LogP contribution in [0.3, 0.4) is 0 Å². The molecule has 7 amide bonds. The number of pyridine rings is 2. The second kappa shape index (κ2) is 35.4. The minimum absolute atomic E-state index is 0.00777. The van der Waals surface area contributed by atoms with Crippen molar-refractivity contribution in [1.29, 1.82) is 0 Å². The number of nitrogens with two attached hydrogens (primary N) is 1. The van der Waals surface area contributed by atoms with Gasteiger partial charge in [0, 0.05) is 82.6 Å². The van der Waals surface area contributed by atoms with Crippen molar-refractivity contribution in [2.75, 3.05) is 37.9 Å². The van der Waals surface area contributed by atoms with Gasteiger partial charge < -0.3 is 75.2 Å². The molecule has 6 aromatic rings. The number of fused-ring (bicyclic) bond motifs is 2. The summed E-state index contributed by atoms with van der Waals surface area (Å²) in [5.41, 5.74) is -2.93. The highest BCUT2D eigenvalue weighted by molar-refractivity contribution is 7.91. The molecule has 0 radical (unpaired) electrons. The van der Waals surface area contributed by atoms with E-state index in [2.05, 4.69) is 49.8 Å². The minimum atomic E-state index is -3.93. The second-order valence-electron chi connectivity index (χ2n) is 35.6. The summed E-state index contributed by atoms with van der Waals surface area (Å²) in [5.74, 6) is -3.43. The fourth-order valence-electron chi connectivity index (χ4n) is 13.8. The maximum Gasteiger partial charge on any atom is 0.408 e. The molecule has 10 N–H and O–H groups in total. The molecular formula is C82H112N14O19S4. The van der Waals surface area contributed by atoms with E-state index in [0.717, 1.165) is 23.1 Å². The van der Waals surface area contributed by atoms with Gasteiger partial charge in [0.15, 0.2) is 10.3 Å². The summed E-state index contributed by atoms with van der Waals surface area (Å²) in [4.78, 5) is 132. The molecule has 0 bridgehead atoms. The molecule has 2 saturated heterocycles. The molecule has 4 aromatic heterocycles. The van der Waals surface area contributed by atoms with E-state index in [9.17, 15) is 60.3 Å². The molecule has 4 aliphatic carbocycles. The Kier molecular flexibility index (Phi) is 27.1. The molecule has 0 unspecified atom stereocenters. The normalized spacial score (nSPS) is 22.1. The lowest BCUT2D eigenvalue weighted by atomic mass is 9.85. The van der Waals surface area contributed by atoms with E-state index < -0.39 is 154 Å². The number of sulfonamides is 2. The van der Waals surface area contributed by atoms with Crippen LogP contribution < -0.4 is 60.7 Å². The first-order valence-electron chi connectivity index (χ1n) is 39.4. The van der Waals surface area contributed by atoms with Gasteiger partial charge in [0.1, 0.15) is 93.0 Å². The molecule has 4 saturated carbocycles. The number of anilines is 2. The number of aliphatic carboxylic acids is 1. The Hall–Kier alpha value is -9.98. The van der Waals surface area contributed by atoms with Crippen LogP contribution in [0.4, 0.5) is 19.9 Å². The molecule has 12 rings (SSSR count). The van der Waals surface area contributed by atoms with Crippen LogP contribution >= 0.6 is 22.7 Å². The molecule has 119 heavy (non-hydrogen) atoms. The lowest BCUT2D eigenvalue weighted by Crippen LogP contribution is -2.60. The van der Waals surface area contributed by atoms with E-state index in [1.165, 1.54) is 44.6 Å².